The number of ether oxygens (including phenoxy) is 1. The fraction of sp³-hybridized carbons (Fsp3) is 0.118. The van der Waals surface area contributed by atoms with E-state index in [1.54, 1.807) is 18.2 Å². The molecule has 0 amide bonds. The van der Waals surface area contributed by atoms with Gasteiger partial charge < -0.3 is 4.74 Å². The molecule has 2 rings (SSSR count). The molecule has 1 N–H and O–H groups in total. The van der Waals surface area contributed by atoms with Gasteiger partial charge in [0.05, 0.1) is 17.6 Å². The van der Waals surface area contributed by atoms with Crippen LogP contribution >= 0.6 is 0 Å². The van der Waals surface area contributed by atoms with Crippen LogP contribution in [-0.4, -0.2) is 18.2 Å². The molecule has 0 fully saturated rings. The second kappa shape index (κ2) is 8.15. The lowest BCUT2D eigenvalue weighted by Crippen LogP contribution is -2.06. The van der Waals surface area contributed by atoms with E-state index in [1.165, 1.54) is 13.3 Å². The molecule has 0 saturated carbocycles. The maximum absolute atomic E-state index is 12.6. The van der Waals surface area contributed by atoms with Gasteiger partial charge in [-0.15, -0.1) is 0 Å². The Balaban J connectivity index is 2.12. The van der Waals surface area contributed by atoms with Crippen LogP contribution in [0, 0.1) is 10.1 Å². The normalized spacial score (nSPS) is 11.8. The Labute approximate surface area is 146 Å². The topological polar surface area (TPSA) is 76.8 Å². The summed E-state index contributed by atoms with van der Waals surface area (Å²) in [4.78, 5) is 10.1. The van der Waals surface area contributed by atoms with Crippen molar-refractivity contribution in [3.05, 3.63) is 69.8 Å². The summed E-state index contributed by atoms with van der Waals surface area (Å²) in [6.45, 7) is 0. The molecule has 2 aromatic carbocycles. The zero-order valence-corrected chi connectivity index (χ0v) is 13.5. The maximum atomic E-state index is 12.6. The standard InChI is InChI=1S/C17H14F3N3O3/c1-26-16-7-3-2-5-12(16)6-4-10-21-22-14-9-8-13(17(18,19)20)11-15(14)23(24)25/h2-11,22H,1H3. The highest BCUT2D eigenvalue weighted by Crippen LogP contribution is 2.34. The molecule has 26 heavy (non-hydrogen) atoms. The molecule has 0 bridgehead atoms. The third kappa shape index (κ3) is 4.82. The second-order valence-corrected chi connectivity index (χ2v) is 4.98. The highest BCUT2D eigenvalue weighted by molar-refractivity contribution is 5.80. The molecule has 2 aromatic rings. The lowest BCUT2D eigenvalue weighted by atomic mass is 10.1. The number of hydrogen-bond donors (Lipinski definition) is 1. The quantitative estimate of drug-likeness (QED) is 0.456. The van der Waals surface area contributed by atoms with Crippen molar-refractivity contribution in [2.75, 3.05) is 12.5 Å². The predicted octanol–water partition coefficient (Wildman–Crippen LogP) is 4.73. The number of hydrazone groups is 1. The van der Waals surface area contributed by atoms with Crippen LogP contribution in [0.1, 0.15) is 11.1 Å². The number of nitrogens with one attached hydrogen (secondary N) is 1. The van der Waals surface area contributed by atoms with Gasteiger partial charge in [-0.25, -0.2) is 0 Å². The average Bonchev–Trinajstić information content (AvgIpc) is 2.60. The highest BCUT2D eigenvalue weighted by atomic mass is 19.4. The van der Waals surface area contributed by atoms with Crippen molar-refractivity contribution in [3.63, 3.8) is 0 Å². The average molecular weight is 365 g/mol. The Hall–Kier alpha value is -3.36. The number of alkyl halides is 3. The molecule has 0 aliphatic carbocycles. The Morgan fingerprint density at radius 2 is 1.96 bits per heavy atom. The molecule has 0 aliphatic rings. The molecule has 9 heteroatoms. The molecular weight excluding hydrogens is 351 g/mol. The summed E-state index contributed by atoms with van der Waals surface area (Å²) >= 11 is 0. The predicted molar refractivity (Wildman–Crippen MR) is 92.2 cm³/mol. The van der Waals surface area contributed by atoms with Crippen molar-refractivity contribution in [1.82, 2.24) is 0 Å². The molecule has 0 unspecified atom stereocenters. The van der Waals surface area contributed by atoms with Crippen LogP contribution in [-0.2, 0) is 6.18 Å². The summed E-state index contributed by atoms with van der Waals surface area (Å²) < 4.78 is 43.1. The van der Waals surface area contributed by atoms with Crippen LogP contribution in [0.2, 0.25) is 0 Å². The molecule has 0 heterocycles. The molecule has 0 aromatic heterocycles. The SMILES string of the molecule is COc1ccccc1C=CC=NNc1ccc(C(F)(F)F)cc1[N+](=O)[O-]. The molecule has 0 radical (unpaired) electrons. The summed E-state index contributed by atoms with van der Waals surface area (Å²) in [6.07, 6.45) is -0.0934. The number of para-hydroxylation sites is 1. The van der Waals surface area contributed by atoms with Crippen molar-refractivity contribution < 1.29 is 22.8 Å². The van der Waals surface area contributed by atoms with Crippen LogP contribution in [0.5, 0.6) is 5.75 Å². The van der Waals surface area contributed by atoms with E-state index in [9.17, 15) is 23.3 Å². The lowest BCUT2D eigenvalue weighted by Gasteiger charge is -2.08. The minimum absolute atomic E-state index is 0.148. The van der Waals surface area contributed by atoms with Crippen LogP contribution in [0.3, 0.4) is 0 Å². The zero-order chi connectivity index (χ0) is 19.2. The molecule has 0 atom stereocenters. The number of anilines is 1. The number of allylic oxidation sites excluding steroid dienone is 1. The van der Waals surface area contributed by atoms with Crippen molar-refractivity contribution in [2.24, 2.45) is 5.10 Å². The van der Waals surface area contributed by atoms with E-state index in [-0.39, 0.29) is 5.69 Å². The number of halogens is 3. The Kier molecular flexibility index (Phi) is 5.94. The van der Waals surface area contributed by atoms with Gasteiger partial charge >= 0.3 is 6.18 Å². The minimum Gasteiger partial charge on any atom is -0.496 e. The largest absolute Gasteiger partial charge is 0.496 e. The van der Waals surface area contributed by atoms with Gasteiger partial charge in [-0.1, -0.05) is 18.2 Å². The number of nitro groups is 1. The lowest BCUT2D eigenvalue weighted by molar-refractivity contribution is -0.384. The van der Waals surface area contributed by atoms with Crippen LogP contribution in [0.25, 0.3) is 6.08 Å². The molecular formula is C17H14F3N3O3. The van der Waals surface area contributed by atoms with Gasteiger partial charge in [0, 0.05) is 17.8 Å². The molecule has 136 valence electrons. The number of nitrogens with zero attached hydrogens (tertiary/aromatic N) is 2. The minimum atomic E-state index is -4.66. The Bertz CT molecular complexity index is 849. The first kappa shape index (κ1) is 19.0. The number of rotatable bonds is 6. The van der Waals surface area contributed by atoms with Gasteiger partial charge in [-0.2, -0.15) is 18.3 Å². The van der Waals surface area contributed by atoms with E-state index in [0.29, 0.717) is 11.8 Å². The summed E-state index contributed by atoms with van der Waals surface area (Å²) in [7, 11) is 1.53. The van der Waals surface area contributed by atoms with Gasteiger partial charge in [-0.3, -0.25) is 15.5 Å². The first-order chi connectivity index (χ1) is 12.3. The number of nitro benzene ring substituents is 1. The van der Waals surface area contributed by atoms with Crippen LogP contribution in [0.4, 0.5) is 24.5 Å². The summed E-state index contributed by atoms with van der Waals surface area (Å²) in [5.41, 5.74) is 1.19. The second-order valence-electron chi connectivity index (χ2n) is 4.98. The van der Waals surface area contributed by atoms with E-state index in [4.69, 9.17) is 4.74 Å². The van der Waals surface area contributed by atoms with Crippen molar-refractivity contribution in [2.45, 2.75) is 6.18 Å². The third-order valence-electron chi connectivity index (χ3n) is 3.28. The smallest absolute Gasteiger partial charge is 0.416 e. The summed E-state index contributed by atoms with van der Waals surface area (Å²) in [5.74, 6) is 0.656. The number of methoxy groups -OCH3 is 1. The van der Waals surface area contributed by atoms with E-state index in [1.807, 2.05) is 18.2 Å². The van der Waals surface area contributed by atoms with E-state index >= 15 is 0 Å². The fourth-order valence-corrected chi connectivity index (χ4v) is 2.05. The number of benzene rings is 2. The van der Waals surface area contributed by atoms with Gasteiger partial charge in [0.1, 0.15) is 11.4 Å². The number of hydrogen-bond acceptors (Lipinski definition) is 5. The van der Waals surface area contributed by atoms with E-state index < -0.39 is 22.4 Å². The first-order valence-electron chi connectivity index (χ1n) is 7.27. The van der Waals surface area contributed by atoms with Gasteiger partial charge in [-0.05, 0) is 30.4 Å². The fourth-order valence-electron chi connectivity index (χ4n) is 2.05. The van der Waals surface area contributed by atoms with Crippen molar-refractivity contribution in [3.8, 4) is 5.75 Å². The molecule has 6 nitrogen and oxygen atoms in total. The van der Waals surface area contributed by atoms with Gasteiger partial charge in [0.2, 0.25) is 0 Å². The van der Waals surface area contributed by atoms with Crippen molar-refractivity contribution in [1.29, 1.82) is 0 Å². The zero-order valence-electron chi connectivity index (χ0n) is 13.5. The van der Waals surface area contributed by atoms with Gasteiger partial charge in [0.15, 0.2) is 0 Å². The highest BCUT2D eigenvalue weighted by Gasteiger charge is 2.33. The third-order valence-corrected chi connectivity index (χ3v) is 3.28. The Morgan fingerprint density at radius 3 is 2.62 bits per heavy atom. The Morgan fingerprint density at radius 1 is 1.23 bits per heavy atom. The van der Waals surface area contributed by atoms with Crippen molar-refractivity contribution >= 4 is 23.7 Å². The molecule has 0 saturated heterocycles. The molecule has 0 spiro atoms. The summed E-state index contributed by atoms with van der Waals surface area (Å²) in [5, 5.41) is 14.7. The first-order valence-corrected chi connectivity index (χ1v) is 7.27. The van der Waals surface area contributed by atoms with Gasteiger partial charge in [0.25, 0.3) is 5.69 Å². The summed E-state index contributed by atoms with van der Waals surface area (Å²) in [6, 6.07) is 9.40. The molecule has 0 aliphatic heterocycles. The van der Waals surface area contributed by atoms with E-state index in [2.05, 4.69) is 10.5 Å². The van der Waals surface area contributed by atoms with Crippen LogP contribution in [0.15, 0.2) is 53.6 Å². The monoisotopic (exact) mass is 365 g/mol. The van der Waals surface area contributed by atoms with Crippen LogP contribution < -0.4 is 10.2 Å². The van der Waals surface area contributed by atoms with E-state index in [0.717, 1.165) is 17.7 Å². The maximum Gasteiger partial charge on any atom is 0.416 e.